The van der Waals surface area contributed by atoms with Crippen LogP contribution in [0.4, 0.5) is 0 Å². The number of aliphatic hydroxyl groups excluding tert-OH is 1. The minimum absolute atomic E-state index is 0.146. The lowest BCUT2D eigenvalue weighted by molar-refractivity contribution is 0.285. The van der Waals surface area contributed by atoms with Gasteiger partial charge < -0.3 is 5.11 Å². The summed E-state index contributed by atoms with van der Waals surface area (Å²) >= 11 is 2.75. The van der Waals surface area contributed by atoms with Crippen LogP contribution in [0.25, 0.3) is 0 Å². The van der Waals surface area contributed by atoms with E-state index < -0.39 is 10.0 Å². The largest absolute Gasteiger partial charge is 0.391 e. The first kappa shape index (κ1) is 14.6. The molecule has 0 spiro atoms. The van der Waals surface area contributed by atoms with Crippen LogP contribution >= 0.6 is 22.7 Å². The topological polar surface area (TPSA) is 79.3 Å². The van der Waals surface area contributed by atoms with E-state index >= 15 is 0 Å². The van der Waals surface area contributed by atoms with Crippen LogP contribution in [0, 0.1) is 13.8 Å². The van der Waals surface area contributed by atoms with Gasteiger partial charge in [0.05, 0.1) is 18.0 Å². The number of aromatic nitrogens is 1. The average molecular weight is 318 g/mol. The maximum atomic E-state index is 12.2. The van der Waals surface area contributed by atoms with Gasteiger partial charge in [-0.3, -0.25) is 0 Å². The molecule has 0 aliphatic heterocycles. The van der Waals surface area contributed by atoms with Crippen LogP contribution in [0.15, 0.2) is 17.2 Å². The number of nitrogens with one attached hydrogen (secondary N) is 1. The molecule has 0 amide bonds. The quantitative estimate of drug-likeness (QED) is 0.881. The molecule has 0 aliphatic rings. The highest BCUT2D eigenvalue weighted by molar-refractivity contribution is 7.89. The van der Waals surface area contributed by atoms with Gasteiger partial charge in [0.25, 0.3) is 0 Å². The van der Waals surface area contributed by atoms with Crippen molar-refractivity contribution in [2.75, 3.05) is 0 Å². The molecule has 2 aromatic heterocycles. The molecule has 2 aromatic rings. The first-order chi connectivity index (χ1) is 8.92. The normalized spacial score (nSPS) is 11.9. The molecule has 0 fully saturated rings. The Labute approximate surface area is 120 Å². The number of thiazole rings is 1. The number of sulfonamides is 1. The highest BCUT2D eigenvalue weighted by atomic mass is 32.2. The van der Waals surface area contributed by atoms with Crippen LogP contribution in [0.2, 0.25) is 0 Å². The highest BCUT2D eigenvalue weighted by Gasteiger charge is 2.19. The van der Waals surface area contributed by atoms with Gasteiger partial charge in [0, 0.05) is 20.8 Å². The summed E-state index contributed by atoms with van der Waals surface area (Å²) in [6.45, 7) is 3.69. The maximum absolute atomic E-state index is 12.2. The molecule has 8 heteroatoms. The van der Waals surface area contributed by atoms with Crippen molar-refractivity contribution in [1.82, 2.24) is 9.71 Å². The lowest BCUT2D eigenvalue weighted by Gasteiger charge is -2.04. The van der Waals surface area contributed by atoms with E-state index in [1.807, 2.05) is 6.92 Å². The van der Waals surface area contributed by atoms with Crippen molar-refractivity contribution in [3.8, 4) is 0 Å². The van der Waals surface area contributed by atoms with Crippen molar-refractivity contribution in [1.29, 1.82) is 0 Å². The standard InChI is InChI=1S/C11H14N2O3S3/c1-7-4-12-11(17-7)5-13-19(15,16)10-3-9(6-14)18-8(10)2/h3-4,13-14H,5-6H2,1-2H3. The first-order valence-electron chi connectivity index (χ1n) is 5.53. The molecule has 2 N–H and O–H groups in total. The molecular formula is C11H14N2O3S3. The second-order valence-electron chi connectivity index (χ2n) is 3.98. The number of thiophene rings is 1. The number of aliphatic hydroxyl groups is 1. The van der Waals surface area contributed by atoms with Crippen molar-refractivity contribution in [3.05, 3.63) is 31.9 Å². The Balaban J connectivity index is 2.15. The lowest BCUT2D eigenvalue weighted by Crippen LogP contribution is -2.23. The first-order valence-corrected chi connectivity index (χ1v) is 8.65. The van der Waals surface area contributed by atoms with E-state index in [4.69, 9.17) is 5.11 Å². The van der Waals surface area contributed by atoms with Crippen LogP contribution in [-0.2, 0) is 23.2 Å². The highest BCUT2D eigenvalue weighted by Crippen LogP contribution is 2.25. The van der Waals surface area contributed by atoms with E-state index in [9.17, 15) is 8.42 Å². The van der Waals surface area contributed by atoms with Gasteiger partial charge in [-0.1, -0.05) is 0 Å². The maximum Gasteiger partial charge on any atom is 0.242 e. The van der Waals surface area contributed by atoms with Crippen LogP contribution in [0.5, 0.6) is 0 Å². The van der Waals surface area contributed by atoms with E-state index in [-0.39, 0.29) is 18.0 Å². The van der Waals surface area contributed by atoms with Crippen LogP contribution in [0.3, 0.4) is 0 Å². The Morgan fingerprint density at radius 2 is 2.11 bits per heavy atom. The summed E-state index contributed by atoms with van der Waals surface area (Å²) in [6.07, 6.45) is 1.72. The molecule has 2 heterocycles. The molecule has 5 nitrogen and oxygen atoms in total. The van der Waals surface area contributed by atoms with Crippen molar-refractivity contribution >= 4 is 32.7 Å². The second kappa shape index (κ2) is 5.68. The van der Waals surface area contributed by atoms with Gasteiger partial charge in [-0.15, -0.1) is 22.7 Å². The zero-order valence-electron chi connectivity index (χ0n) is 10.5. The zero-order chi connectivity index (χ0) is 14.0. The second-order valence-corrected chi connectivity index (χ2v) is 8.38. The number of rotatable bonds is 5. The summed E-state index contributed by atoms with van der Waals surface area (Å²) in [7, 11) is -3.55. The van der Waals surface area contributed by atoms with Gasteiger partial charge in [0.15, 0.2) is 0 Å². The Bertz CT molecular complexity index is 673. The Morgan fingerprint density at radius 3 is 2.63 bits per heavy atom. The Morgan fingerprint density at radius 1 is 1.37 bits per heavy atom. The molecule has 0 unspecified atom stereocenters. The van der Waals surface area contributed by atoms with E-state index in [1.165, 1.54) is 28.7 Å². The van der Waals surface area contributed by atoms with Gasteiger partial charge >= 0.3 is 0 Å². The van der Waals surface area contributed by atoms with Crippen LogP contribution < -0.4 is 4.72 Å². The van der Waals surface area contributed by atoms with Gasteiger partial charge in [-0.25, -0.2) is 18.1 Å². The Hall–Kier alpha value is -0.800. The van der Waals surface area contributed by atoms with Crippen molar-refractivity contribution < 1.29 is 13.5 Å². The molecular weight excluding hydrogens is 304 g/mol. The smallest absolute Gasteiger partial charge is 0.242 e. The fourth-order valence-electron chi connectivity index (χ4n) is 1.59. The fraction of sp³-hybridized carbons (Fsp3) is 0.364. The lowest BCUT2D eigenvalue weighted by atomic mass is 10.4. The number of hydrogen-bond acceptors (Lipinski definition) is 6. The molecule has 104 valence electrons. The van der Waals surface area contributed by atoms with Crippen molar-refractivity contribution in [2.45, 2.75) is 31.9 Å². The molecule has 0 atom stereocenters. The summed E-state index contributed by atoms with van der Waals surface area (Å²) < 4.78 is 26.8. The minimum Gasteiger partial charge on any atom is -0.391 e. The van der Waals surface area contributed by atoms with Gasteiger partial charge in [0.1, 0.15) is 5.01 Å². The van der Waals surface area contributed by atoms with Gasteiger partial charge in [-0.05, 0) is 19.9 Å². The SMILES string of the molecule is Cc1cnc(CNS(=O)(=O)c2cc(CO)sc2C)s1. The number of hydrogen-bond donors (Lipinski definition) is 2. The number of aryl methyl sites for hydroxylation is 2. The predicted molar refractivity (Wildman–Crippen MR) is 75.9 cm³/mol. The molecule has 0 saturated carbocycles. The molecule has 0 aromatic carbocycles. The van der Waals surface area contributed by atoms with E-state index in [0.29, 0.717) is 9.75 Å². The van der Waals surface area contributed by atoms with E-state index in [2.05, 4.69) is 9.71 Å². The van der Waals surface area contributed by atoms with E-state index in [0.717, 1.165) is 9.88 Å². The fourth-order valence-corrected chi connectivity index (χ4v) is 4.89. The predicted octanol–water partition coefficient (Wildman–Crippen LogP) is 1.79. The zero-order valence-corrected chi connectivity index (χ0v) is 13.0. The van der Waals surface area contributed by atoms with Crippen LogP contribution in [-0.4, -0.2) is 18.5 Å². The van der Waals surface area contributed by atoms with Gasteiger partial charge in [-0.2, -0.15) is 0 Å². The van der Waals surface area contributed by atoms with Gasteiger partial charge in [0.2, 0.25) is 10.0 Å². The number of nitrogens with zero attached hydrogens (tertiary/aromatic N) is 1. The molecule has 0 bridgehead atoms. The monoisotopic (exact) mass is 318 g/mol. The molecule has 0 radical (unpaired) electrons. The van der Waals surface area contributed by atoms with Crippen LogP contribution in [0.1, 0.15) is 19.6 Å². The van der Waals surface area contributed by atoms with E-state index in [1.54, 1.807) is 13.1 Å². The minimum atomic E-state index is -3.55. The summed E-state index contributed by atoms with van der Waals surface area (Å²) in [4.78, 5) is 6.70. The molecule has 0 aliphatic carbocycles. The summed E-state index contributed by atoms with van der Waals surface area (Å²) in [5.41, 5.74) is 0. The molecule has 2 rings (SSSR count). The third kappa shape index (κ3) is 3.40. The third-order valence-electron chi connectivity index (χ3n) is 2.45. The molecule has 19 heavy (non-hydrogen) atoms. The Kier molecular flexibility index (Phi) is 4.36. The molecule has 0 saturated heterocycles. The summed E-state index contributed by atoms with van der Waals surface area (Å²) in [5.74, 6) is 0. The summed E-state index contributed by atoms with van der Waals surface area (Å²) in [5, 5.41) is 9.77. The third-order valence-corrected chi connectivity index (χ3v) is 6.06. The average Bonchev–Trinajstić information content (AvgIpc) is 2.93. The van der Waals surface area contributed by atoms with Crippen molar-refractivity contribution in [3.63, 3.8) is 0 Å². The van der Waals surface area contributed by atoms with Crippen molar-refractivity contribution in [2.24, 2.45) is 0 Å². The summed E-state index contributed by atoms with van der Waals surface area (Å²) in [6, 6.07) is 1.51.